The number of benzene rings is 2. The van der Waals surface area contributed by atoms with E-state index in [1.54, 1.807) is 12.1 Å². The van der Waals surface area contributed by atoms with E-state index >= 15 is 0 Å². The zero-order valence-electron chi connectivity index (χ0n) is 17.4. The van der Waals surface area contributed by atoms with E-state index in [-0.39, 0.29) is 17.9 Å². The fourth-order valence-corrected chi connectivity index (χ4v) is 9.11. The lowest BCUT2D eigenvalue weighted by atomic mass is 9.49. The highest BCUT2D eigenvalue weighted by Crippen LogP contribution is 2.60. The van der Waals surface area contributed by atoms with Gasteiger partial charge in [-0.05, 0) is 79.2 Å². The van der Waals surface area contributed by atoms with Gasteiger partial charge in [0.1, 0.15) is 6.54 Å². The number of hydrogen-bond acceptors (Lipinski definition) is 3. The molecule has 6 heteroatoms. The molecule has 0 radical (unpaired) electrons. The minimum Gasteiger partial charge on any atom is -0.344 e. The standard InChI is InChI=1S/C24H28N2O3S/c1-25(15-24-11-16-8-17(12-24)10-18(9-16)13-24)22(27)14-26-20-6-2-4-19-5-3-7-21(23(19)20)30(26,28)29/h2-7,16-18H,8-15H2,1H3. The predicted molar refractivity (Wildman–Crippen MR) is 117 cm³/mol. The van der Waals surface area contributed by atoms with E-state index in [0.717, 1.165) is 35.1 Å². The van der Waals surface area contributed by atoms with Gasteiger partial charge in [0.25, 0.3) is 10.0 Å². The van der Waals surface area contributed by atoms with Crippen LogP contribution in [0.25, 0.3) is 10.8 Å². The summed E-state index contributed by atoms with van der Waals surface area (Å²) in [6, 6.07) is 10.9. The highest BCUT2D eigenvalue weighted by molar-refractivity contribution is 7.93. The first-order valence-corrected chi connectivity index (χ1v) is 12.6. The molecule has 4 fully saturated rings. The molecule has 1 amide bonds. The van der Waals surface area contributed by atoms with Crippen molar-refractivity contribution in [2.75, 3.05) is 24.4 Å². The number of anilines is 1. The number of nitrogens with zero attached hydrogens (tertiary/aromatic N) is 2. The van der Waals surface area contributed by atoms with E-state index in [1.807, 2.05) is 36.2 Å². The number of hydrogen-bond donors (Lipinski definition) is 0. The van der Waals surface area contributed by atoms with Crippen molar-refractivity contribution < 1.29 is 13.2 Å². The van der Waals surface area contributed by atoms with E-state index in [0.29, 0.717) is 10.6 Å². The molecule has 5 aliphatic rings. The van der Waals surface area contributed by atoms with Crippen molar-refractivity contribution in [2.24, 2.45) is 23.2 Å². The summed E-state index contributed by atoms with van der Waals surface area (Å²) in [6.07, 6.45) is 7.86. The molecule has 2 aromatic rings. The summed E-state index contributed by atoms with van der Waals surface area (Å²) in [5, 5.41) is 1.63. The van der Waals surface area contributed by atoms with Crippen LogP contribution in [0.3, 0.4) is 0 Å². The Kier molecular flexibility index (Phi) is 3.87. The van der Waals surface area contributed by atoms with Crippen molar-refractivity contribution in [3.8, 4) is 0 Å². The third-order valence-corrected chi connectivity index (χ3v) is 9.93. The molecule has 1 heterocycles. The average molecular weight is 425 g/mol. The van der Waals surface area contributed by atoms with E-state index in [2.05, 4.69) is 0 Å². The van der Waals surface area contributed by atoms with Gasteiger partial charge in [0.05, 0.1) is 10.6 Å². The number of likely N-dealkylation sites (N-methyl/N-ethyl adjacent to an activating group) is 1. The van der Waals surface area contributed by atoms with Gasteiger partial charge in [-0.25, -0.2) is 8.42 Å². The lowest BCUT2D eigenvalue weighted by molar-refractivity contribution is -0.133. The van der Waals surface area contributed by atoms with Gasteiger partial charge in [-0.1, -0.05) is 24.3 Å². The van der Waals surface area contributed by atoms with Crippen molar-refractivity contribution >= 4 is 32.4 Å². The molecule has 158 valence electrons. The Morgan fingerprint density at radius 2 is 1.63 bits per heavy atom. The second kappa shape index (κ2) is 6.22. The van der Waals surface area contributed by atoms with Gasteiger partial charge in [0.15, 0.2) is 0 Å². The van der Waals surface area contributed by atoms with Crippen LogP contribution in [0.5, 0.6) is 0 Å². The third-order valence-electron chi connectivity index (χ3n) is 8.12. The summed E-state index contributed by atoms with van der Waals surface area (Å²) in [6.45, 7) is 0.638. The maximum atomic E-state index is 13.2. The molecular weight excluding hydrogens is 396 g/mol. The van der Waals surface area contributed by atoms with Crippen LogP contribution in [-0.2, 0) is 14.8 Å². The largest absolute Gasteiger partial charge is 0.344 e. The molecule has 4 saturated carbocycles. The van der Waals surface area contributed by atoms with Crippen LogP contribution in [0.2, 0.25) is 0 Å². The number of amides is 1. The van der Waals surface area contributed by atoms with Crippen LogP contribution in [0.1, 0.15) is 38.5 Å². The van der Waals surface area contributed by atoms with Gasteiger partial charge < -0.3 is 4.90 Å². The lowest BCUT2D eigenvalue weighted by Crippen LogP contribution is -2.52. The van der Waals surface area contributed by atoms with Gasteiger partial charge >= 0.3 is 0 Å². The third kappa shape index (κ3) is 2.65. The molecule has 2 aromatic carbocycles. The molecular formula is C24H28N2O3S. The molecule has 0 atom stereocenters. The maximum Gasteiger partial charge on any atom is 0.265 e. The Hall–Kier alpha value is -2.08. The Balaban J connectivity index is 1.24. The van der Waals surface area contributed by atoms with Gasteiger partial charge in [-0.15, -0.1) is 0 Å². The number of rotatable bonds is 4. The van der Waals surface area contributed by atoms with Gasteiger partial charge in [-0.3, -0.25) is 9.10 Å². The molecule has 0 unspecified atom stereocenters. The molecule has 4 bridgehead atoms. The molecule has 5 nitrogen and oxygen atoms in total. The minimum absolute atomic E-state index is 0.112. The molecule has 30 heavy (non-hydrogen) atoms. The summed E-state index contributed by atoms with van der Waals surface area (Å²) in [5.41, 5.74) is 0.881. The van der Waals surface area contributed by atoms with Crippen LogP contribution in [0.4, 0.5) is 5.69 Å². The van der Waals surface area contributed by atoms with Gasteiger partial charge in [0, 0.05) is 19.0 Å². The van der Waals surface area contributed by atoms with E-state index < -0.39 is 10.0 Å². The topological polar surface area (TPSA) is 57.7 Å². The van der Waals surface area contributed by atoms with Crippen LogP contribution in [-0.4, -0.2) is 39.4 Å². The van der Waals surface area contributed by atoms with Crippen LogP contribution in [0.15, 0.2) is 41.3 Å². The molecule has 1 aliphatic heterocycles. The first-order valence-electron chi connectivity index (χ1n) is 11.1. The average Bonchev–Trinajstić information content (AvgIpc) is 2.90. The van der Waals surface area contributed by atoms with E-state index in [4.69, 9.17) is 0 Å². The summed E-state index contributed by atoms with van der Waals surface area (Å²) < 4.78 is 27.7. The summed E-state index contributed by atoms with van der Waals surface area (Å²) in [5.74, 6) is 2.40. The number of carbonyl (C=O) groups excluding carboxylic acids is 1. The maximum absolute atomic E-state index is 13.2. The Bertz CT molecular complexity index is 1120. The summed E-state index contributed by atoms with van der Waals surface area (Å²) in [4.78, 5) is 15.3. The van der Waals surface area contributed by atoms with Crippen LogP contribution in [0, 0.1) is 23.2 Å². The molecule has 4 aliphatic carbocycles. The zero-order valence-corrected chi connectivity index (χ0v) is 18.2. The lowest BCUT2D eigenvalue weighted by Gasteiger charge is -2.57. The van der Waals surface area contributed by atoms with Crippen LogP contribution < -0.4 is 4.31 Å². The smallest absolute Gasteiger partial charge is 0.265 e. The van der Waals surface area contributed by atoms with Gasteiger partial charge in [-0.2, -0.15) is 0 Å². The SMILES string of the molecule is CN(CC12CC3CC(CC(C3)C1)C2)C(=O)CN1c2cccc3cccc(c23)S1(=O)=O. The van der Waals surface area contributed by atoms with Crippen molar-refractivity contribution in [3.63, 3.8) is 0 Å². The van der Waals surface area contributed by atoms with E-state index in [9.17, 15) is 13.2 Å². The Labute approximate surface area is 178 Å². The fourth-order valence-electron chi connectivity index (χ4n) is 7.45. The van der Waals surface area contributed by atoms with Crippen molar-refractivity contribution in [1.82, 2.24) is 4.90 Å². The highest BCUT2D eigenvalue weighted by atomic mass is 32.2. The number of carbonyl (C=O) groups is 1. The quantitative estimate of drug-likeness (QED) is 0.745. The highest BCUT2D eigenvalue weighted by Gasteiger charge is 2.51. The second-order valence-corrected chi connectivity index (χ2v) is 12.1. The second-order valence-electron chi connectivity index (χ2n) is 10.3. The summed E-state index contributed by atoms with van der Waals surface area (Å²) >= 11 is 0. The summed E-state index contributed by atoms with van der Waals surface area (Å²) in [7, 11) is -1.84. The normalized spacial score (nSPS) is 32.7. The predicted octanol–water partition coefficient (Wildman–Crippen LogP) is 4.02. The molecule has 7 rings (SSSR count). The fraction of sp³-hybridized carbons (Fsp3) is 0.542. The molecule has 0 spiro atoms. The molecule has 0 saturated heterocycles. The number of sulfonamides is 1. The van der Waals surface area contributed by atoms with Gasteiger partial charge in [0.2, 0.25) is 5.91 Å². The first kappa shape index (κ1) is 18.7. The Morgan fingerprint density at radius 1 is 1.03 bits per heavy atom. The van der Waals surface area contributed by atoms with Crippen LogP contribution >= 0.6 is 0 Å². The molecule has 0 N–H and O–H groups in total. The molecule has 0 aromatic heterocycles. The Morgan fingerprint density at radius 3 is 2.27 bits per heavy atom. The first-order chi connectivity index (χ1) is 14.3. The van der Waals surface area contributed by atoms with Crippen molar-refractivity contribution in [2.45, 2.75) is 43.4 Å². The van der Waals surface area contributed by atoms with Crippen molar-refractivity contribution in [1.29, 1.82) is 0 Å². The van der Waals surface area contributed by atoms with Crippen molar-refractivity contribution in [3.05, 3.63) is 36.4 Å². The minimum atomic E-state index is -3.69. The van der Waals surface area contributed by atoms with E-state index in [1.165, 1.54) is 42.8 Å². The monoisotopic (exact) mass is 424 g/mol. The zero-order chi connectivity index (χ0) is 20.7.